The standard InChI is InChI=1S/C22H29NO/c1-3-15-23(16-4-2)19-14-13-18-9-8-12-22(21(18)17-19)24-20-10-6-5-7-11-20/h5-12,19H,3-4,13-17H2,1-2H3. The molecule has 1 aliphatic rings. The van der Waals surface area contributed by atoms with Crippen LogP contribution in [0.2, 0.25) is 0 Å². The van der Waals surface area contributed by atoms with Gasteiger partial charge in [0.25, 0.3) is 0 Å². The molecule has 0 saturated carbocycles. The zero-order valence-corrected chi connectivity index (χ0v) is 15.0. The van der Waals surface area contributed by atoms with Crippen LogP contribution in [0.25, 0.3) is 0 Å². The summed E-state index contributed by atoms with van der Waals surface area (Å²) >= 11 is 0. The molecule has 0 saturated heterocycles. The molecule has 0 aromatic heterocycles. The van der Waals surface area contributed by atoms with E-state index in [4.69, 9.17) is 4.74 Å². The predicted molar refractivity (Wildman–Crippen MR) is 101 cm³/mol. The van der Waals surface area contributed by atoms with Crippen molar-refractivity contribution >= 4 is 0 Å². The van der Waals surface area contributed by atoms with Crippen molar-refractivity contribution in [2.24, 2.45) is 0 Å². The number of benzene rings is 2. The van der Waals surface area contributed by atoms with Crippen LogP contribution in [0.5, 0.6) is 11.5 Å². The molecule has 2 aromatic rings. The fourth-order valence-electron chi connectivity index (χ4n) is 3.81. The number of fused-ring (bicyclic) bond motifs is 1. The molecular formula is C22H29NO. The summed E-state index contributed by atoms with van der Waals surface area (Å²) in [6.07, 6.45) is 5.99. The molecule has 128 valence electrons. The van der Waals surface area contributed by atoms with Crippen LogP contribution in [0.15, 0.2) is 48.5 Å². The van der Waals surface area contributed by atoms with Gasteiger partial charge in [-0.25, -0.2) is 0 Å². The molecule has 0 fully saturated rings. The summed E-state index contributed by atoms with van der Waals surface area (Å²) in [5, 5.41) is 0. The lowest BCUT2D eigenvalue weighted by Gasteiger charge is -2.35. The van der Waals surface area contributed by atoms with Gasteiger partial charge in [0.1, 0.15) is 11.5 Å². The van der Waals surface area contributed by atoms with E-state index in [0.29, 0.717) is 6.04 Å². The molecule has 1 aliphatic carbocycles. The molecule has 1 atom stereocenters. The maximum Gasteiger partial charge on any atom is 0.130 e. The molecule has 0 N–H and O–H groups in total. The average molecular weight is 323 g/mol. The molecule has 0 aliphatic heterocycles. The van der Waals surface area contributed by atoms with E-state index in [0.717, 1.165) is 24.3 Å². The Morgan fingerprint density at radius 3 is 2.42 bits per heavy atom. The third-order valence-electron chi connectivity index (χ3n) is 4.93. The number of nitrogens with zero attached hydrogens (tertiary/aromatic N) is 1. The van der Waals surface area contributed by atoms with E-state index < -0.39 is 0 Å². The maximum absolute atomic E-state index is 6.21. The Balaban J connectivity index is 1.81. The van der Waals surface area contributed by atoms with Gasteiger partial charge < -0.3 is 9.64 Å². The number of rotatable bonds is 7. The van der Waals surface area contributed by atoms with Crippen LogP contribution in [-0.4, -0.2) is 24.0 Å². The summed E-state index contributed by atoms with van der Waals surface area (Å²) in [5.74, 6) is 1.96. The Morgan fingerprint density at radius 2 is 1.71 bits per heavy atom. The van der Waals surface area contributed by atoms with E-state index in [2.05, 4.69) is 36.9 Å². The summed E-state index contributed by atoms with van der Waals surface area (Å²) in [7, 11) is 0. The number of aryl methyl sites for hydroxylation is 1. The first-order valence-corrected chi connectivity index (χ1v) is 9.39. The van der Waals surface area contributed by atoms with Crippen molar-refractivity contribution in [2.75, 3.05) is 13.1 Å². The topological polar surface area (TPSA) is 12.5 Å². The SMILES string of the molecule is CCCN(CCC)C1CCc2cccc(Oc3ccccc3)c2C1. The molecule has 2 nitrogen and oxygen atoms in total. The molecule has 0 radical (unpaired) electrons. The van der Waals surface area contributed by atoms with Crippen molar-refractivity contribution in [3.05, 3.63) is 59.7 Å². The zero-order chi connectivity index (χ0) is 16.8. The number of hydrogen-bond donors (Lipinski definition) is 0. The van der Waals surface area contributed by atoms with Crippen LogP contribution >= 0.6 is 0 Å². The number of para-hydroxylation sites is 1. The zero-order valence-electron chi connectivity index (χ0n) is 15.0. The summed E-state index contributed by atoms with van der Waals surface area (Å²) in [6, 6.07) is 17.3. The van der Waals surface area contributed by atoms with Crippen molar-refractivity contribution < 1.29 is 4.74 Å². The lowest BCUT2D eigenvalue weighted by atomic mass is 9.86. The highest BCUT2D eigenvalue weighted by Crippen LogP contribution is 2.34. The molecule has 0 bridgehead atoms. The quantitative estimate of drug-likeness (QED) is 0.671. The van der Waals surface area contributed by atoms with Gasteiger partial charge in [-0.1, -0.05) is 44.2 Å². The molecule has 0 spiro atoms. The van der Waals surface area contributed by atoms with Crippen LogP contribution < -0.4 is 4.74 Å². The van der Waals surface area contributed by atoms with Crippen molar-refractivity contribution in [1.29, 1.82) is 0 Å². The van der Waals surface area contributed by atoms with Crippen molar-refractivity contribution in [1.82, 2.24) is 4.90 Å². The Kier molecular flexibility index (Phi) is 5.92. The van der Waals surface area contributed by atoms with Crippen LogP contribution in [0, 0.1) is 0 Å². The third-order valence-corrected chi connectivity index (χ3v) is 4.93. The summed E-state index contributed by atoms with van der Waals surface area (Å²) in [6.45, 7) is 6.97. The third kappa shape index (κ3) is 3.99. The van der Waals surface area contributed by atoms with E-state index in [1.54, 1.807) is 0 Å². The monoisotopic (exact) mass is 323 g/mol. The fourth-order valence-corrected chi connectivity index (χ4v) is 3.81. The van der Waals surface area contributed by atoms with Crippen molar-refractivity contribution in [3.8, 4) is 11.5 Å². The van der Waals surface area contributed by atoms with Gasteiger partial charge in [-0.3, -0.25) is 0 Å². The highest BCUT2D eigenvalue weighted by atomic mass is 16.5. The molecule has 2 aromatic carbocycles. The Hall–Kier alpha value is -1.80. The maximum atomic E-state index is 6.21. The largest absolute Gasteiger partial charge is 0.457 e. The fraction of sp³-hybridized carbons (Fsp3) is 0.455. The first-order chi connectivity index (χ1) is 11.8. The molecule has 2 heteroatoms. The van der Waals surface area contributed by atoms with Gasteiger partial charge in [0, 0.05) is 6.04 Å². The van der Waals surface area contributed by atoms with Gasteiger partial charge >= 0.3 is 0 Å². The van der Waals surface area contributed by atoms with Crippen LogP contribution in [-0.2, 0) is 12.8 Å². The Bertz CT molecular complexity index is 632. The highest BCUT2D eigenvalue weighted by molar-refractivity contribution is 5.44. The predicted octanol–water partition coefficient (Wildman–Crippen LogP) is 5.46. The van der Waals surface area contributed by atoms with Gasteiger partial charge in [-0.15, -0.1) is 0 Å². The Labute approximate surface area is 146 Å². The smallest absolute Gasteiger partial charge is 0.130 e. The molecule has 0 heterocycles. The minimum absolute atomic E-state index is 0.651. The number of ether oxygens (including phenoxy) is 1. The minimum Gasteiger partial charge on any atom is -0.457 e. The second kappa shape index (κ2) is 8.34. The second-order valence-electron chi connectivity index (χ2n) is 6.74. The first kappa shape index (κ1) is 17.0. The van der Waals surface area contributed by atoms with Gasteiger partial charge in [0.05, 0.1) is 0 Å². The van der Waals surface area contributed by atoms with Gasteiger partial charge in [-0.05, 0) is 74.5 Å². The molecule has 24 heavy (non-hydrogen) atoms. The van der Waals surface area contributed by atoms with Gasteiger partial charge in [0.15, 0.2) is 0 Å². The van der Waals surface area contributed by atoms with Crippen molar-refractivity contribution in [2.45, 2.75) is 52.0 Å². The summed E-state index contributed by atoms with van der Waals surface area (Å²) in [5.41, 5.74) is 2.88. The second-order valence-corrected chi connectivity index (χ2v) is 6.74. The first-order valence-electron chi connectivity index (χ1n) is 9.39. The number of hydrogen-bond acceptors (Lipinski definition) is 2. The van der Waals surface area contributed by atoms with E-state index in [-0.39, 0.29) is 0 Å². The Morgan fingerprint density at radius 1 is 0.958 bits per heavy atom. The van der Waals surface area contributed by atoms with E-state index in [1.165, 1.54) is 43.5 Å². The van der Waals surface area contributed by atoms with E-state index >= 15 is 0 Å². The molecule has 0 amide bonds. The van der Waals surface area contributed by atoms with E-state index in [9.17, 15) is 0 Å². The van der Waals surface area contributed by atoms with Crippen LogP contribution in [0.1, 0.15) is 44.2 Å². The van der Waals surface area contributed by atoms with E-state index in [1.807, 2.05) is 30.3 Å². The molecule has 3 rings (SSSR count). The lowest BCUT2D eigenvalue weighted by molar-refractivity contribution is 0.179. The average Bonchev–Trinajstić information content (AvgIpc) is 2.62. The highest BCUT2D eigenvalue weighted by Gasteiger charge is 2.25. The van der Waals surface area contributed by atoms with Gasteiger partial charge in [0.2, 0.25) is 0 Å². The minimum atomic E-state index is 0.651. The lowest BCUT2D eigenvalue weighted by Crippen LogP contribution is -2.40. The summed E-state index contributed by atoms with van der Waals surface area (Å²) in [4.78, 5) is 2.68. The van der Waals surface area contributed by atoms with Crippen LogP contribution in [0.3, 0.4) is 0 Å². The molecular weight excluding hydrogens is 294 g/mol. The summed E-state index contributed by atoms with van der Waals surface area (Å²) < 4.78 is 6.21. The normalized spacial score (nSPS) is 16.9. The van der Waals surface area contributed by atoms with Gasteiger partial charge in [-0.2, -0.15) is 0 Å². The van der Waals surface area contributed by atoms with Crippen molar-refractivity contribution in [3.63, 3.8) is 0 Å². The molecule has 1 unspecified atom stereocenters. The van der Waals surface area contributed by atoms with Crippen LogP contribution in [0.4, 0.5) is 0 Å².